The summed E-state index contributed by atoms with van der Waals surface area (Å²) in [7, 11) is -1.63. The van der Waals surface area contributed by atoms with E-state index < -0.39 is 27.7 Å². The number of likely N-dealkylation sites (N-methyl/N-ethyl adjacent to an activating group) is 1. The van der Waals surface area contributed by atoms with Crippen LogP contribution in [0.3, 0.4) is 0 Å². The van der Waals surface area contributed by atoms with Gasteiger partial charge < -0.3 is 10.2 Å². The second kappa shape index (κ2) is 10.7. The fourth-order valence-electron chi connectivity index (χ4n) is 4.39. The highest BCUT2D eigenvalue weighted by Crippen LogP contribution is 2.37. The van der Waals surface area contributed by atoms with Crippen LogP contribution in [0.2, 0.25) is 0 Å². The third kappa shape index (κ3) is 5.61. The van der Waals surface area contributed by atoms with Crippen LogP contribution in [0.5, 0.6) is 0 Å². The summed E-state index contributed by atoms with van der Waals surface area (Å²) in [4.78, 5) is 40.4. The van der Waals surface area contributed by atoms with Gasteiger partial charge in [0.2, 0.25) is 15.9 Å². The van der Waals surface area contributed by atoms with Crippen molar-refractivity contribution >= 4 is 44.1 Å². The van der Waals surface area contributed by atoms with E-state index in [0.29, 0.717) is 42.5 Å². The summed E-state index contributed by atoms with van der Waals surface area (Å²) in [5.41, 5.74) is 6.15. The molecule has 0 saturated carbocycles. The van der Waals surface area contributed by atoms with E-state index in [0.717, 1.165) is 29.8 Å². The van der Waals surface area contributed by atoms with Gasteiger partial charge in [0, 0.05) is 43.5 Å². The van der Waals surface area contributed by atoms with Crippen molar-refractivity contribution in [2.24, 2.45) is 5.92 Å². The van der Waals surface area contributed by atoms with Crippen molar-refractivity contribution in [2.75, 3.05) is 32.0 Å². The highest BCUT2D eigenvalue weighted by Gasteiger charge is 2.30. The van der Waals surface area contributed by atoms with Gasteiger partial charge >= 0.3 is 0 Å². The van der Waals surface area contributed by atoms with Gasteiger partial charge in [-0.05, 0) is 62.1 Å². The highest BCUT2D eigenvalue weighted by molar-refractivity contribution is 7.89. The molecule has 1 aromatic heterocycles. The Morgan fingerprint density at radius 3 is 2.31 bits per heavy atom. The predicted octanol–water partition coefficient (Wildman–Crippen LogP) is 2.19. The number of fused-ring (bicyclic) bond motifs is 1. The van der Waals surface area contributed by atoms with Crippen LogP contribution in [-0.2, 0) is 27.8 Å². The van der Waals surface area contributed by atoms with Crippen molar-refractivity contribution < 1.29 is 22.8 Å². The number of hydrogen-bond acceptors (Lipinski definition) is 7. The molecule has 0 aliphatic carbocycles. The lowest BCUT2D eigenvalue weighted by Gasteiger charge is -2.29. The van der Waals surface area contributed by atoms with E-state index in [2.05, 4.69) is 28.0 Å². The maximum Gasteiger partial charge on any atom is 0.272 e. The zero-order valence-corrected chi connectivity index (χ0v) is 22.2. The van der Waals surface area contributed by atoms with Gasteiger partial charge in [-0.25, -0.2) is 8.42 Å². The Morgan fingerprint density at radius 1 is 1.00 bits per heavy atom. The van der Waals surface area contributed by atoms with Crippen molar-refractivity contribution in [3.05, 3.63) is 45.8 Å². The van der Waals surface area contributed by atoms with E-state index in [1.54, 1.807) is 0 Å². The molecule has 2 aromatic rings. The Hall–Kier alpha value is -2.80. The molecule has 194 valence electrons. The second-order valence-electron chi connectivity index (χ2n) is 9.40. The van der Waals surface area contributed by atoms with Gasteiger partial charge in [0.1, 0.15) is 5.00 Å². The first-order chi connectivity index (χ1) is 17.1. The van der Waals surface area contributed by atoms with Crippen molar-refractivity contribution in [3.63, 3.8) is 0 Å². The van der Waals surface area contributed by atoms with E-state index in [-0.39, 0.29) is 10.5 Å². The van der Waals surface area contributed by atoms with E-state index in [1.165, 1.54) is 46.8 Å². The minimum atomic E-state index is -3.61. The smallest absolute Gasteiger partial charge is 0.272 e. The van der Waals surface area contributed by atoms with Crippen molar-refractivity contribution in [1.82, 2.24) is 20.1 Å². The number of hydrazine groups is 1. The number of carbonyl (C=O) groups is 3. The number of sulfonamides is 1. The molecule has 1 saturated heterocycles. The SMILES string of the molecule is CC(=O)NNC(=O)c1c(NC(=O)c2ccc(S(=O)(=O)N3CCC(C)CC3)cc2)sc2c1CCN(C)C2. The molecule has 3 heterocycles. The predicted molar refractivity (Wildman–Crippen MR) is 137 cm³/mol. The number of nitrogens with one attached hydrogen (secondary N) is 3. The Kier molecular flexibility index (Phi) is 7.79. The molecule has 0 radical (unpaired) electrons. The molecule has 0 bridgehead atoms. The van der Waals surface area contributed by atoms with Crippen molar-refractivity contribution in [3.8, 4) is 0 Å². The summed E-state index contributed by atoms with van der Waals surface area (Å²) < 4.78 is 27.5. The standard InChI is InChI=1S/C24H31N5O5S2/c1-15-8-12-29(13-9-15)36(33,34)18-6-4-17(5-7-18)22(31)25-24-21(23(32)27-26-16(2)30)19-10-11-28(3)14-20(19)35-24/h4-7,15H,8-14H2,1-3H3,(H,25,31)(H,26,30)(H,27,32). The zero-order chi connectivity index (χ0) is 26.0. The lowest BCUT2D eigenvalue weighted by molar-refractivity contribution is -0.119. The molecule has 0 atom stereocenters. The number of thiophene rings is 1. The van der Waals surface area contributed by atoms with Crippen LogP contribution in [0.25, 0.3) is 0 Å². The average Bonchev–Trinajstić information content (AvgIpc) is 3.19. The maximum atomic E-state index is 13.1. The second-order valence-corrected chi connectivity index (χ2v) is 12.4. The number of anilines is 1. The number of nitrogens with zero attached hydrogens (tertiary/aromatic N) is 2. The number of benzene rings is 1. The third-order valence-corrected chi connectivity index (χ3v) is 9.60. The average molecular weight is 534 g/mol. The summed E-state index contributed by atoms with van der Waals surface area (Å²) in [5.74, 6) is -0.853. The van der Waals surface area contributed by atoms with Crippen LogP contribution in [0.15, 0.2) is 29.2 Å². The summed E-state index contributed by atoms with van der Waals surface area (Å²) >= 11 is 1.33. The Labute approximate surface area is 215 Å². The van der Waals surface area contributed by atoms with Crippen LogP contribution >= 0.6 is 11.3 Å². The molecule has 10 nitrogen and oxygen atoms in total. The zero-order valence-electron chi connectivity index (χ0n) is 20.6. The van der Waals surface area contributed by atoms with Gasteiger partial charge in [0.25, 0.3) is 11.8 Å². The number of rotatable bonds is 5. The molecule has 4 rings (SSSR count). The van der Waals surface area contributed by atoms with Gasteiger partial charge in [-0.1, -0.05) is 6.92 Å². The molecular formula is C24H31N5O5S2. The lowest BCUT2D eigenvalue weighted by atomic mass is 10.0. The molecule has 3 N–H and O–H groups in total. The first-order valence-corrected chi connectivity index (χ1v) is 14.1. The molecule has 3 amide bonds. The number of carbonyl (C=O) groups excluding carboxylic acids is 3. The van der Waals surface area contributed by atoms with Crippen molar-refractivity contribution in [2.45, 2.75) is 44.6 Å². The molecule has 0 unspecified atom stereocenters. The fraction of sp³-hybridized carbons (Fsp3) is 0.458. The Morgan fingerprint density at radius 2 is 1.67 bits per heavy atom. The van der Waals surface area contributed by atoms with E-state index >= 15 is 0 Å². The van der Waals surface area contributed by atoms with Crippen LogP contribution < -0.4 is 16.2 Å². The van der Waals surface area contributed by atoms with Crippen molar-refractivity contribution in [1.29, 1.82) is 0 Å². The molecule has 36 heavy (non-hydrogen) atoms. The number of hydrogen-bond donors (Lipinski definition) is 3. The summed E-state index contributed by atoms with van der Waals surface area (Å²) in [6.07, 6.45) is 2.30. The number of amides is 3. The van der Waals surface area contributed by atoms with E-state index in [9.17, 15) is 22.8 Å². The van der Waals surface area contributed by atoms with E-state index in [1.807, 2.05) is 7.05 Å². The monoisotopic (exact) mass is 533 g/mol. The third-order valence-electron chi connectivity index (χ3n) is 6.55. The molecule has 1 aromatic carbocycles. The summed E-state index contributed by atoms with van der Waals surface area (Å²) in [6.45, 7) is 5.81. The largest absolute Gasteiger partial charge is 0.313 e. The van der Waals surface area contributed by atoms with Crippen LogP contribution in [-0.4, -0.2) is 62.0 Å². The molecule has 2 aliphatic heterocycles. The fourth-order valence-corrected chi connectivity index (χ4v) is 7.18. The number of piperidine rings is 1. The molecule has 2 aliphatic rings. The quantitative estimate of drug-likeness (QED) is 0.506. The highest BCUT2D eigenvalue weighted by atomic mass is 32.2. The molecule has 1 fully saturated rings. The first kappa shape index (κ1) is 26.3. The lowest BCUT2D eigenvalue weighted by Crippen LogP contribution is -2.41. The first-order valence-electron chi connectivity index (χ1n) is 11.9. The van der Waals surface area contributed by atoms with Crippen LogP contribution in [0.4, 0.5) is 5.00 Å². The van der Waals surface area contributed by atoms with Gasteiger partial charge in [0.05, 0.1) is 10.5 Å². The topological polar surface area (TPSA) is 128 Å². The molecular weight excluding hydrogens is 502 g/mol. The van der Waals surface area contributed by atoms with Gasteiger partial charge in [-0.3, -0.25) is 25.2 Å². The summed E-state index contributed by atoms with van der Waals surface area (Å²) in [6, 6.07) is 5.85. The van der Waals surface area contributed by atoms with Gasteiger partial charge in [-0.15, -0.1) is 11.3 Å². The Balaban J connectivity index is 1.54. The minimum Gasteiger partial charge on any atom is -0.313 e. The maximum absolute atomic E-state index is 13.1. The van der Waals surface area contributed by atoms with Crippen LogP contribution in [0.1, 0.15) is 57.8 Å². The normalized spacial score (nSPS) is 17.3. The molecule has 12 heteroatoms. The minimum absolute atomic E-state index is 0.151. The Bertz CT molecular complexity index is 1260. The molecule has 0 spiro atoms. The van der Waals surface area contributed by atoms with E-state index in [4.69, 9.17) is 0 Å². The van der Waals surface area contributed by atoms with Gasteiger partial charge in [0.15, 0.2) is 0 Å². The van der Waals surface area contributed by atoms with Crippen LogP contribution in [0, 0.1) is 5.92 Å². The summed E-state index contributed by atoms with van der Waals surface area (Å²) in [5, 5.41) is 3.21. The van der Waals surface area contributed by atoms with Gasteiger partial charge in [-0.2, -0.15) is 4.31 Å².